The summed E-state index contributed by atoms with van der Waals surface area (Å²) in [6, 6.07) is 10.4. The summed E-state index contributed by atoms with van der Waals surface area (Å²) in [5.74, 6) is -0.173. The minimum Gasteiger partial charge on any atom is -0.490 e. The molecule has 1 unspecified atom stereocenters. The highest BCUT2D eigenvalue weighted by molar-refractivity contribution is 5.76. The second-order valence-electron chi connectivity index (χ2n) is 11.2. The number of carbonyl (C=O) groups excluding carboxylic acids is 1. The van der Waals surface area contributed by atoms with Crippen molar-refractivity contribution in [2.24, 2.45) is 0 Å². The molecule has 2 aliphatic rings. The average Bonchev–Trinajstić information content (AvgIpc) is 3.33. The lowest BCUT2D eigenvalue weighted by molar-refractivity contribution is 0.0489. The molecule has 0 spiro atoms. The number of fused-ring (bicyclic) bond motifs is 2. The molecule has 1 aromatic heterocycles. The smallest absolute Gasteiger partial charge is 0.407 e. The van der Waals surface area contributed by atoms with E-state index in [9.17, 15) is 9.18 Å². The van der Waals surface area contributed by atoms with Crippen LogP contribution in [0.2, 0.25) is 0 Å². The first-order chi connectivity index (χ1) is 19.7. The molecule has 8 nitrogen and oxygen atoms in total. The third-order valence-corrected chi connectivity index (χ3v) is 7.04. The maximum absolute atomic E-state index is 15.3. The first kappa shape index (κ1) is 28.9. The zero-order valence-corrected chi connectivity index (χ0v) is 23.7. The summed E-state index contributed by atoms with van der Waals surface area (Å²) in [7, 11) is 0. The number of rotatable bonds is 9. The van der Waals surface area contributed by atoms with Crippen molar-refractivity contribution in [3.63, 3.8) is 0 Å². The van der Waals surface area contributed by atoms with E-state index in [0.29, 0.717) is 35.4 Å². The van der Waals surface area contributed by atoms with Gasteiger partial charge in [0.05, 0.1) is 18.9 Å². The van der Waals surface area contributed by atoms with Crippen LogP contribution in [0.15, 0.2) is 36.4 Å². The summed E-state index contributed by atoms with van der Waals surface area (Å²) < 4.78 is 46.1. The molecule has 0 bridgehead atoms. The van der Waals surface area contributed by atoms with Gasteiger partial charge in [-0.25, -0.2) is 13.6 Å². The summed E-state index contributed by atoms with van der Waals surface area (Å²) in [6.45, 7) is 8.00. The SMILES string of the molecule is CC(C)(C)OC(=O)NCCOCCOc1cc(F)ccc1-c1nnc(-c2ccc3c(c2)CCNC3)c2c1CCC2F. The van der Waals surface area contributed by atoms with Gasteiger partial charge >= 0.3 is 6.09 Å². The van der Waals surface area contributed by atoms with Crippen molar-refractivity contribution in [1.29, 1.82) is 0 Å². The van der Waals surface area contributed by atoms with E-state index in [1.54, 1.807) is 26.8 Å². The number of alkyl carbamates (subject to hydrolysis) is 1. The largest absolute Gasteiger partial charge is 0.490 e. The Kier molecular flexibility index (Phi) is 8.79. The molecule has 2 heterocycles. The number of benzene rings is 2. The maximum Gasteiger partial charge on any atom is 0.407 e. The van der Waals surface area contributed by atoms with E-state index < -0.39 is 23.7 Å². The molecule has 3 aromatic rings. The van der Waals surface area contributed by atoms with E-state index in [2.05, 4.69) is 33.0 Å². The predicted molar refractivity (Wildman–Crippen MR) is 151 cm³/mol. The molecule has 0 saturated carbocycles. The molecule has 1 aliphatic heterocycles. The normalized spacial score (nSPS) is 16.2. The lowest BCUT2D eigenvalue weighted by Gasteiger charge is -2.19. The quantitative estimate of drug-likeness (QED) is 0.332. The number of carbonyl (C=O) groups is 1. The van der Waals surface area contributed by atoms with Crippen molar-refractivity contribution in [3.05, 3.63) is 64.5 Å². The van der Waals surface area contributed by atoms with Gasteiger partial charge in [0.25, 0.3) is 0 Å². The van der Waals surface area contributed by atoms with Crippen LogP contribution in [0.1, 0.15) is 55.6 Å². The second-order valence-corrected chi connectivity index (χ2v) is 11.2. The number of halogens is 2. The minimum absolute atomic E-state index is 0.145. The van der Waals surface area contributed by atoms with Crippen LogP contribution in [0.25, 0.3) is 22.5 Å². The zero-order chi connectivity index (χ0) is 29.0. The lowest BCUT2D eigenvalue weighted by Crippen LogP contribution is -2.34. The summed E-state index contributed by atoms with van der Waals surface area (Å²) in [6.07, 6.45) is 0.102. The van der Waals surface area contributed by atoms with Gasteiger partial charge < -0.3 is 24.8 Å². The molecule has 2 aromatic carbocycles. The van der Waals surface area contributed by atoms with Gasteiger partial charge in [0.2, 0.25) is 0 Å². The lowest BCUT2D eigenvalue weighted by atomic mass is 9.94. The van der Waals surface area contributed by atoms with Crippen LogP contribution in [0.5, 0.6) is 5.75 Å². The highest BCUT2D eigenvalue weighted by atomic mass is 19.1. The molecule has 41 heavy (non-hydrogen) atoms. The Morgan fingerprint density at radius 2 is 1.88 bits per heavy atom. The van der Waals surface area contributed by atoms with Gasteiger partial charge in [-0.05, 0) is 81.5 Å². The highest BCUT2D eigenvalue weighted by Crippen LogP contribution is 2.45. The van der Waals surface area contributed by atoms with E-state index in [-0.39, 0.29) is 32.1 Å². The molecule has 1 atom stereocenters. The number of aromatic nitrogens is 2. The zero-order valence-electron chi connectivity index (χ0n) is 23.7. The topological polar surface area (TPSA) is 94.6 Å². The summed E-state index contributed by atoms with van der Waals surface area (Å²) in [5, 5.41) is 15.0. The number of hydrogen-bond acceptors (Lipinski definition) is 7. The number of hydrogen-bond donors (Lipinski definition) is 2. The molecule has 1 amide bonds. The number of amides is 1. The Bertz CT molecular complexity index is 1410. The monoisotopic (exact) mass is 566 g/mol. The van der Waals surface area contributed by atoms with Gasteiger partial charge in [0, 0.05) is 35.8 Å². The van der Waals surface area contributed by atoms with Gasteiger partial charge in [-0.2, -0.15) is 0 Å². The standard InChI is InChI=1S/C31H36F2N4O4/c1-31(2,3)41-30(38)35-12-13-39-14-15-40-26-17-22(32)6-7-23(26)29-24-8-9-25(33)27(24)28(36-37-29)20-4-5-21-18-34-11-10-19(21)16-20/h4-7,16-17,25,34H,8-15,18H2,1-3H3,(H,35,38). The molecule has 0 fully saturated rings. The minimum atomic E-state index is -1.15. The van der Waals surface area contributed by atoms with E-state index in [1.165, 1.54) is 23.3 Å². The Balaban J connectivity index is 1.28. The van der Waals surface area contributed by atoms with Gasteiger partial charge in [-0.1, -0.05) is 12.1 Å². The maximum atomic E-state index is 15.3. The van der Waals surface area contributed by atoms with E-state index in [1.807, 2.05) is 6.07 Å². The Morgan fingerprint density at radius 1 is 1.05 bits per heavy atom. The molecule has 1 aliphatic carbocycles. The predicted octanol–water partition coefficient (Wildman–Crippen LogP) is 5.47. The van der Waals surface area contributed by atoms with Gasteiger partial charge in [0.1, 0.15) is 35.6 Å². The highest BCUT2D eigenvalue weighted by Gasteiger charge is 2.31. The van der Waals surface area contributed by atoms with Crippen molar-refractivity contribution in [2.45, 2.75) is 58.4 Å². The first-order valence-electron chi connectivity index (χ1n) is 14.0. The van der Waals surface area contributed by atoms with Crippen LogP contribution in [-0.2, 0) is 28.9 Å². The van der Waals surface area contributed by atoms with Crippen LogP contribution in [0.3, 0.4) is 0 Å². The van der Waals surface area contributed by atoms with Crippen LogP contribution in [0.4, 0.5) is 13.6 Å². The number of nitrogens with one attached hydrogen (secondary N) is 2. The van der Waals surface area contributed by atoms with Crippen molar-refractivity contribution >= 4 is 6.09 Å². The third kappa shape index (κ3) is 7.00. The van der Waals surface area contributed by atoms with E-state index in [4.69, 9.17) is 14.2 Å². The van der Waals surface area contributed by atoms with Crippen LogP contribution < -0.4 is 15.4 Å². The first-order valence-corrected chi connectivity index (χ1v) is 14.0. The van der Waals surface area contributed by atoms with Gasteiger partial charge in [-0.3, -0.25) is 0 Å². The Labute approximate surface area is 238 Å². The van der Waals surface area contributed by atoms with Crippen molar-refractivity contribution in [2.75, 3.05) is 32.9 Å². The molecular weight excluding hydrogens is 530 g/mol. The molecule has 2 N–H and O–H groups in total. The Hall–Kier alpha value is -3.63. The molecule has 0 radical (unpaired) electrons. The summed E-state index contributed by atoms with van der Waals surface area (Å²) in [5.41, 5.74) is 5.73. The number of ether oxygens (including phenoxy) is 3. The summed E-state index contributed by atoms with van der Waals surface area (Å²) in [4.78, 5) is 11.7. The summed E-state index contributed by atoms with van der Waals surface area (Å²) >= 11 is 0. The van der Waals surface area contributed by atoms with Crippen molar-refractivity contribution in [3.8, 4) is 28.3 Å². The van der Waals surface area contributed by atoms with Crippen molar-refractivity contribution < 1.29 is 27.8 Å². The fourth-order valence-electron chi connectivity index (χ4n) is 5.21. The molecular formula is C31H36F2N4O4. The molecule has 218 valence electrons. The van der Waals surface area contributed by atoms with Crippen LogP contribution in [0, 0.1) is 5.82 Å². The second kappa shape index (κ2) is 12.5. The fourth-order valence-corrected chi connectivity index (χ4v) is 5.21. The number of alkyl halides is 1. The van der Waals surface area contributed by atoms with E-state index in [0.717, 1.165) is 30.6 Å². The van der Waals surface area contributed by atoms with Gasteiger partial charge in [0.15, 0.2) is 0 Å². The van der Waals surface area contributed by atoms with Crippen LogP contribution in [-0.4, -0.2) is 54.8 Å². The van der Waals surface area contributed by atoms with Crippen LogP contribution >= 0.6 is 0 Å². The molecule has 10 heteroatoms. The fraction of sp³-hybridized carbons (Fsp3) is 0.452. The van der Waals surface area contributed by atoms with Gasteiger partial charge in [-0.15, -0.1) is 10.2 Å². The average molecular weight is 567 g/mol. The Morgan fingerprint density at radius 3 is 2.71 bits per heavy atom. The molecule has 5 rings (SSSR count). The van der Waals surface area contributed by atoms with E-state index >= 15 is 4.39 Å². The number of nitrogens with zero attached hydrogens (tertiary/aromatic N) is 2. The molecule has 0 saturated heterocycles. The third-order valence-electron chi connectivity index (χ3n) is 7.04. The van der Waals surface area contributed by atoms with Crippen molar-refractivity contribution in [1.82, 2.24) is 20.8 Å².